The number of benzene rings is 2. The molecule has 1 N–H and O–H groups in total. The molecule has 1 unspecified atom stereocenters. The Labute approximate surface area is 207 Å². The van der Waals surface area contributed by atoms with E-state index in [0.717, 1.165) is 22.4 Å². The van der Waals surface area contributed by atoms with Gasteiger partial charge in [-0.3, -0.25) is 4.79 Å². The van der Waals surface area contributed by atoms with E-state index < -0.39 is 17.3 Å². The highest BCUT2D eigenvalue weighted by Crippen LogP contribution is 2.46. The van der Waals surface area contributed by atoms with E-state index in [1.807, 2.05) is 29.4 Å². The van der Waals surface area contributed by atoms with Crippen LogP contribution in [0, 0.1) is 17.2 Å². The van der Waals surface area contributed by atoms with Crippen molar-refractivity contribution in [1.29, 1.82) is 0 Å². The highest BCUT2D eigenvalue weighted by Gasteiger charge is 2.31. The molecule has 34 heavy (non-hydrogen) atoms. The zero-order valence-electron chi connectivity index (χ0n) is 19.7. The summed E-state index contributed by atoms with van der Waals surface area (Å²) in [5, 5.41) is 9.42. The minimum atomic E-state index is -2.74. The van der Waals surface area contributed by atoms with E-state index in [2.05, 4.69) is 0 Å². The van der Waals surface area contributed by atoms with Crippen molar-refractivity contribution in [3.8, 4) is 5.75 Å². The van der Waals surface area contributed by atoms with Crippen LogP contribution in [-0.4, -0.2) is 42.2 Å². The SMILES string of the molecule is CSc1cc2c(cc1OCC(C)(C)C(=O)O)SCC(CCC(C)(F)F)CN2c1cccc(F)c1. The van der Waals surface area contributed by atoms with E-state index in [-0.39, 0.29) is 24.8 Å². The maximum absolute atomic E-state index is 14.1. The lowest BCUT2D eigenvalue weighted by atomic mass is 9.95. The number of rotatable bonds is 9. The van der Waals surface area contributed by atoms with Gasteiger partial charge in [0, 0.05) is 29.3 Å². The van der Waals surface area contributed by atoms with Crippen LogP contribution < -0.4 is 9.64 Å². The molecule has 4 nitrogen and oxygen atoms in total. The fourth-order valence-electron chi connectivity index (χ4n) is 3.59. The van der Waals surface area contributed by atoms with Gasteiger partial charge in [0.1, 0.15) is 18.2 Å². The standard InChI is InChI=1S/C25H30F3NO3S2/c1-24(2,23(30)31)15-32-20-12-21-19(11-22(20)33-4)29(18-7-5-6-17(26)10-18)13-16(14-34-21)8-9-25(3,27)28/h5-7,10-12,16H,8-9,13-15H2,1-4H3,(H,30,31). The molecule has 0 aromatic heterocycles. The zero-order chi connectivity index (χ0) is 25.1. The Morgan fingerprint density at radius 1 is 1.26 bits per heavy atom. The molecule has 0 radical (unpaired) electrons. The van der Waals surface area contributed by atoms with E-state index in [9.17, 15) is 23.1 Å². The number of alkyl halides is 2. The summed E-state index contributed by atoms with van der Waals surface area (Å²) in [7, 11) is 0. The number of halogens is 3. The first-order valence-electron chi connectivity index (χ1n) is 11.0. The van der Waals surface area contributed by atoms with Crippen molar-refractivity contribution in [1.82, 2.24) is 0 Å². The Hall–Kier alpha value is -2.00. The fraction of sp³-hybridized carbons (Fsp3) is 0.480. The van der Waals surface area contributed by atoms with Crippen LogP contribution in [0.25, 0.3) is 0 Å². The maximum Gasteiger partial charge on any atom is 0.312 e. The largest absolute Gasteiger partial charge is 0.491 e. The molecule has 2 aromatic carbocycles. The summed E-state index contributed by atoms with van der Waals surface area (Å²) in [6.45, 7) is 4.63. The fourth-order valence-corrected chi connectivity index (χ4v) is 5.33. The number of nitrogens with zero attached hydrogens (tertiary/aromatic N) is 1. The first-order chi connectivity index (χ1) is 15.9. The molecule has 0 fully saturated rings. The second kappa shape index (κ2) is 10.7. The van der Waals surface area contributed by atoms with Gasteiger partial charge in [0.05, 0.1) is 16.0 Å². The minimum absolute atomic E-state index is 0.00116. The highest BCUT2D eigenvalue weighted by atomic mass is 32.2. The topological polar surface area (TPSA) is 49.8 Å². The van der Waals surface area contributed by atoms with Crippen LogP contribution in [0.5, 0.6) is 5.75 Å². The molecular formula is C25H30F3NO3S2. The molecule has 1 heterocycles. The van der Waals surface area contributed by atoms with Gasteiger partial charge in [-0.2, -0.15) is 0 Å². The van der Waals surface area contributed by atoms with Crippen molar-refractivity contribution in [3.05, 3.63) is 42.2 Å². The summed E-state index contributed by atoms with van der Waals surface area (Å²) in [4.78, 5) is 15.2. The summed E-state index contributed by atoms with van der Waals surface area (Å²) in [6, 6.07) is 10.1. The third kappa shape index (κ3) is 6.78. The van der Waals surface area contributed by atoms with Gasteiger partial charge < -0.3 is 14.7 Å². The number of carbonyl (C=O) groups is 1. The summed E-state index contributed by atoms with van der Waals surface area (Å²) in [5.74, 6) is -2.88. The molecule has 1 aliphatic heterocycles. The summed E-state index contributed by atoms with van der Waals surface area (Å²) in [6.07, 6.45) is 2.04. The Balaban J connectivity index is 1.99. The number of fused-ring (bicyclic) bond motifs is 1. The molecule has 1 aliphatic rings. The number of thioether (sulfide) groups is 2. The van der Waals surface area contributed by atoms with Crippen LogP contribution >= 0.6 is 23.5 Å². The second-order valence-electron chi connectivity index (χ2n) is 9.32. The average molecular weight is 514 g/mol. The predicted molar refractivity (Wildman–Crippen MR) is 133 cm³/mol. The number of anilines is 2. The summed E-state index contributed by atoms with van der Waals surface area (Å²) >= 11 is 3.03. The van der Waals surface area contributed by atoms with Crippen LogP contribution in [0.1, 0.15) is 33.6 Å². The van der Waals surface area contributed by atoms with Crippen LogP contribution in [0.15, 0.2) is 46.2 Å². The van der Waals surface area contributed by atoms with Crippen molar-refractivity contribution in [2.75, 3.05) is 30.1 Å². The van der Waals surface area contributed by atoms with Crippen LogP contribution in [0.2, 0.25) is 0 Å². The molecule has 1 atom stereocenters. The monoisotopic (exact) mass is 513 g/mol. The van der Waals surface area contributed by atoms with Crippen LogP contribution in [0.3, 0.4) is 0 Å². The quantitative estimate of drug-likeness (QED) is 0.354. The Morgan fingerprint density at radius 3 is 2.62 bits per heavy atom. The van der Waals surface area contributed by atoms with Crippen molar-refractivity contribution in [2.45, 2.75) is 49.3 Å². The third-order valence-electron chi connectivity index (χ3n) is 5.73. The van der Waals surface area contributed by atoms with Gasteiger partial charge in [0.15, 0.2) is 0 Å². The smallest absolute Gasteiger partial charge is 0.312 e. The van der Waals surface area contributed by atoms with Crippen molar-refractivity contribution in [2.24, 2.45) is 11.3 Å². The molecule has 9 heteroatoms. The second-order valence-corrected chi connectivity index (χ2v) is 11.2. The van der Waals surface area contributed by atoms with E-state index >= 15 is 0 Å². The maximum atomic E-state index is 14.1. The Kier molecular flexibility index (Phi) is 8.39. The summed E-state index contributed by atoms with van der Waals surface area (Å²) < 4.78 is 47.2. The van der Waals surface area contributed by atoms with E-state index in [0.29, 0.717) is 30.2 Å². The van der Waals surface area contributed by atoms with Gasteiger partial charge in [0.2, 0.25) is 5.92 Å². The van der Waals surface area contributed by atoms with Crippen LogP contribution in [0.4, 0.5) is 24.5 Å². The number of carboxylic acids is 1. The molecule has 0 saturated heterocycles. The molecule has 0 saturated carbocycles. The van der Waals surface area contributed by atoms with Crippen molar-refractivity contribution >= 4 is 40.9 Å². The third-order valence-corrected chi connectivity index (χ3v) is 7.77. The van der Waals surface area contributed by atoms with Gasteiger partial charge in [-0.25, -0.2) is 13.2 Å². The number of hydrogen-bond acceptors (Lipinski definition) is 5. The van der Waals surface area contributed by atoms with Crippen molar-refractivity contribution in [3.63, 3.8) is 0 Å². The van der Waals surface area contributed by atoms with Gasteiger partial charge >= 0.3 is 5.97 Å². The average Bonchev–Trinajstić information content (AvgIpc) is 2.94. The molecule has 2 aromatic rings. The van der Waals surface area contributed by atoms with Crippen molar-refractivity contribution < 1.29 is 27.8 Å². The lowest BCUT2D eigenvalue weighted by molar-refractivity contribution is -0.148. The van der Waals surface area contributed by atoms with Gasteiger partial charge in [0.25, 0.3) is 0 Å². The molecule has 3 rings (SSSR count). The number of aliphatic carboxylic acids is 1. The zero-order valence-corrected chi connectivity index (χ0v) is 21.4. The predicted octanol–water partition coefficient (Wildman–Crippen LogP) is 7.33. The molecule has 186 valence electrons. The molecule has 0 aliphatic carbocycles. The lowest BCUT2D eigenvalue weighted by Crippen LogP contribution is -2.30. The number of ether oxygens (including phenoxy) is 1. The van der Waals surface area contributed by atoms with Gasteiger partial charge in [-0.15, -0.1) is 23.5 Å². The van der Waals surface area contributed by atoms with E-state index in [1.165, 1.54) is 23.9 Å². The Morgan fingerprint density at radius 2 is 2.00 bits per heavy atom. The summed E-state index contributed by atoms with van der Waals surface area (Å²) in [5.41, 5.74) is 0.458. The molecule has 0 spiro atoms. The molecular weight excluding hydrogens is 483 g/mol. The van der Waals surface area contributed by atoms with Gasteiger partial charge in [-0.1, -0.05) is 6.07 Å². The first kappa shape index (κ1) is 26.6. The minimum Gasteiger partial charge on any atom is -0.491 e. The van der Waals surface area contributed by atoms with Crippen LogP contribution in [-0.2, 0) is 4.79 Å². The van der Waals surface area contributed by atoms with E-state index in [4.69, 9.17) is 4.74 Å². The number of carboxylic acid groups (broad SMARTS) is 1. The Bertz CT molecular complexity index is 1030. The molecule has 0 amide bonds. The van der Waals surface area contributed by atoms with Gasteiger partial charge in [-0.05, 0) is 69.7 Å². The highest BCUT2D eigenvalue weighted by molar-refractivity contribution is 7.99. The number of hydrogen-bond donors (Lipinski definition) is 1. The normalized spacial score (nSPS) is 16.7. The lowest BCUT2D eigenvalue weighted by Gasteiger charge is -2.29. The first-order valence-corrected chi connectivity index (χ1v) is 13.2. The van der Waals surface area contributed by atoms with E-state index in [1.54, 1.807) is 31.7 Å². The molecule has 0 bridgehead atoms.